The molecule has 5 atom stereocenters. The first-order valence-corrected chi connectivity index (χ1v) is 16.2. The Morgan fingerprint density at radius 1 is 1.20 bits per heavy atom. The zero-order valence-corrected chi connectivity index (χ0v) is 28.0. The van der Waals surface area contributed by atoms with E-state index < -0.39 is 11.9 Å². The molecule has 230 valence electrons. The molecule has 3 aliphatic rings. The van der Waals surface area contributed by atoms with Gasteiger partial charge in [-0.05, 0) is 57.6 Å². The zero-order valence-electron chi connectivity index (χ0n) is 25.9. The van der Waals surface area contributed by atoms with Gasteiger partial charge < -0.3 is 24.0 Å². The molecule has 41 heavy (non-hydrogen) atoms. The van der Waals surface area contributed by atoms with Gasteiger partial charge in [0.25, 0.3) is 0 Å². The summed E-state index contributed by atoms with van der Waals surface area (Å²) in [7, 11) is 6.58. The highest BCUT2D eigenvalue weighted by molar-refractivity contribution is 14.1. The van der Waals surface area contributed by atoms with Gasteiger partial charge in [-0.25, -0.2) is 0 Å². The van der Waals surface area contributed by atoms with Gasteiger partial charge in [0.05, 0.1) is 40.2 Å². The third-order valence-electron chi connectivity index (χ3n) is 8.27. The summed E-state index contributed by atoms with van der Waals surface area (Å²) in [4.78, 5) is 30.9. The number of quaternary nitrogens is 1. The number of alkyl halides is 1. The number of hydrogen-bond donors (Lipinski definition) is 1. The number of carboxylic acid groups (broad SMARTS) is 1. The Hall–Kier alpha value is -1.85. The molecule has 0 spiro atoms. The molecule has 0 aromatic rings. The van der Waals surface area contributed by atoms with Crippen LogP contribution in [0.15, 0.2) is 48.0 Å². The van der Waals surface area contributed by atoms with E-state index in [1.807, 2.05) is 42.2 Å². The predicted molar refractivity (Wildman–Crippen MR) is 171 cm³/mol. The highest BCUT2D eigenvalue weighted by Gasteiger charge is 2.50. The van der Waals surface area contributed by atoms with E-state index in [0.29, 0.717) is 24.5 Å². The van der Waals surface area contributed by atoms with E-state index in [0.717, 1.165) is 49.8 Å². The molecule has 0 aromatic heterocycles. The Morgan fingerprint density at radius 3 is 2.56 bits per heavy atom. The number of carboxylic acids is 1. The summed E-state index contributed by atoms with van der Waals surface area (Å²) in [5.41, 5.74) is 0. The Balaban J connectivity index is 1.85. The van der Waals surface area contributed by atoms with Gasteiger partial charge >= 0.3 is 5.97 Å². The van der Waals surface area contributed by atoms with Crippen LogP contribution in [0.1, 0.15) is 52.9 Å². The molecule has 1 unspecified atom stereocenters. The molecule has 8 nitrogen and oxygen atoms in total. The Morgan fingerprint density at radius 2 is 1.90 bits per heavy atom. The number of carbonyl (C=O) groups is 2. The molecular weight excluding hydrogens is 633 g/mol. The maximum absolute atomic E-state index is 13.8. The lowest BCUT2D eigenvalue weighted by atomic mass is 9.78. The average molecular weight is 685 g/mol. The summed E-state index contributed by atoms with van der Waals surface area (Å²) in [6.07, 6.45) is 16.7. The van der Waals surface area contributed by atoms with Crippen LogP contribution in [0.3, 0.4) is 0 Å². The molecule has 3 rings (SSSR count). The topological polar surface area (TPSA) is 79.3 Å². The molecule has 2 fully saturated rings. The quantitative estimate of drug-likeness (QED) is 0.0839. The van der Waals surface area contributed by atoms with E-state index in [1.54, 1.807) is 0 Å². The number of rotatable bonds is 15. The average Bonchev–Trinajstić information content (AvgIpc) is 3.40. The summed E-state index contributed by atoms with van der Waals surface area (Å²) < 4.78 is 11.9. The van der Waals surface area contributed by atoms with E-state index in [1.165, 1.54) is 0 Å². The number of unbranched alkanes of at least 4 members (excludes halogenated alkanes) is 2. The number of allylic oxidation sites excluding steroid dienone is 6. The van der Waals surface area contributed by atoms with Crippen molar-refractivity contribution in [3.05, 3.63) is 48.0 Å². The van der Waals surface area contributed by atoms with Crippen LogP contribution in [0, 0.1) is 17.8 Å². The monoisotopic (exact) mass is 684 g/mol. The minimum Gasteiger partial charge on any atom is -0.481 e. The van der Waals surface area contributed by atoms with E-state index in [-0.39, 0.29) is 40.5 Å². The van der Waals surface area contributed by atoms with Crippen molar-refractivity contribution in [2.75, 3.05) is 60.7 Å². The number of nitrogens with zero attached hydrogens (tertiary/aromatic N) is 3. The van der Waals surface area contributed by atoms with Crippen molar-refractivity contribution >= 4 is 34.5 Å². The SMILES string of the molecule is C/C=C/[C@](C)(I)C[C@H]1[C@H](C(=O)O)[C@@H](C2C=CC=C3OCOC3=C2)CN1CC(=O)N(CCCC)CCCC[N+](C)(C)C. The number of aliphatic carboxylic acids is 1. The molecule has 1 amide bonds. The molecule has 1 aliphatic carbocycles. The second-order valence-corrected chi connectivity index (χ2v) is 15.4. The summed E-state index contributed by atoms with van der Waals surface area (Å²) in [5.74, 6) is -0.310. The van der Waals surface area contributed by atoms with Crippen LogP contribution in [0.4, 0.5) is 0 Å². The number of amides is 1. The fraction of sp³-hybridized carbons (Fsp3) is 0.688. The van der Waals surface area contributed by atoms with Crippen molar-refractivity contribution in [3.63, 3.8) is 0 Å². The largest absolute Gasteiger partial charge is 0.481 e. The van der Waals surface area contributed by atoms with Gasteiger partial charge in [0, 0.05) is 35.0 Å². The van der Waals surface area contributed by atoms with Crippen LogP contribution in [0.5, 0.6) is 0 Å². The number of ether oxygens (including phenoxy) is 2. The predicted octanol–water partition coefficient (Wildman–Crippen LogP) is 5.22. The van der Waals surface area contributed by atoms with Gasteiger partial charge in [0.15, 0.2) is 11.5 Å². The summed E-state index contributed by atoms with van der Waals surface area (Å²) in [6, 6.07) is -0.269. The van der Waals surface area contributed by atoms with Crippen LogP contribution in [-0.4, -0.2) is 101 Å². The number of carbonyl (C=O) groups excluding carboxylic acids is 1. The van der Waals surface area contributed by atoms with E-state index in [2.05, 4.69) is 68.6 Å². The number of halogens is 1. The molecule has 0 aromatic carbocycles. The van der Waals surface area contributed by atoms with Gasteiger partial charge in [-0.3, -0.25) is 14.5 Å². The molecule has 1 N–H and O–H groups in total. The van der Waals surface area contributed by atoms with Crippen molar-refractivity contribution in [2.45, 2.75) is 62.3 Å². The van der Waals surface area contributed by atoms with E-state index in [4.69, 9.17) is 9.47 Å². The van der Waals surface area contributed by atoms with E-state index in [9.17, 15) is 14.7 Å². The number of hydrogen-bond acceptors (Lipinski definition) is 5. The highest BCUT2D eigenvalue weighted by Crippen LogP contribution is 2.43. The summed E-state index contributed by atoms with van der Waals surface area (Å²) in [5, 5.41) is 10.6. The van der Waals surface area contributed by atoms with Gasteiger partial charge in [-0.2, -0.15) is 0 Å². The first-order valence-electron chi connectivity index (χ1n) is 15.1. The zero-order chi connectivity index (χ0) is 30.2. The molecule has 9 heteroatoms. The normalized spacial score (nSPS) is 26.0. The Labute approximate surface area is 260 Å². The second kappa shape index (κ2) is 15.0. The lowest BCUT2D eigenvalue weighted by Gasteiger charge is -2.33. The molecule has 2 aliphatic heterocycles. The molecule has 0 radical (unpaired) electrons. The maximum Gasteiger partial charge on any atom is 0.308 e. The van der Waals surface area contributed by atoms with Crippen LogP contribution < -0.4 is 0 Å². The minimum atomic E-state index is -0.807. The van der Waals surface area contributed by atoms with Crippen molar-refractivity contribution in [2.24, 2.45) is 17.8 Å². The lowest BCUT2D eigenvalue weighted by Crippen LogP contribution is -2.46. The third-order valence-corrected chi connectivity index (χ3v) is 9.07. The molecule has 0 bridgehead atoms. The Bertz CT molecular complexity index is 1030. The highest BCUT2D eigenvalue weighted by atomic mass is 127. The van der Waals surface area contributed by atoms with Gasteiger partial charge in [-0.1, -0.05) is 60.2 Å². The fourth-order valence-corrected chi connectivity index (χ4v) is 7.01. The molecular formula is C32H51IN3O5+. The van der Waals surface area contributed by atoms with Crippen LogP contribution in [-0.2, 0) is 19.1 Å². The smallest absolute Gasteiger partial charge is 0.308 e. The van der Waals surface area contributed by atoms with Crippen LogP contribution in [0.2, 0.25) is 0 Å². The number of fused-ring (bicyclic) bond motifs is 1. The van der Waals surface area contributed by atoms with Crippen molar-refractivity contribution in [1.82, 2.24) is 9.80 Å². The second-order valence-electron chi connectivity index (χ2n) is 12.9. The van der Waals surface area contributed by atoms with Crippen molar-refractivity contribution in [3.8, 4) is 0 Å². The van der Waals surface area contributed by atoms with E-state index >= 15 is 0 Å². The summed E-state index contributed by atoms with van der Waals surface area (Å²) in [6.45, 7) is 9.78. The standard InChI is InChI=1S/C32H50IN3O5/c1-7-9-16-34(17-10-11-18-36(4,5)6)29(37)22-35-21-25(24-13-12-14-27-28(19-24)41-23-40-27)30(31(38)39)26(35)20-32(3,33)15-8-2/h8,12-15,19,24-26,30H,7,9-11,16-18,20-23H2,1-6H3/p+1/b15-8+/t24?,25-,26+,30-,32+/m1/s1. The van der Waals surface area contributed by atoms with Gasteiger partial charge in [-0.15, -0.1) is 0 Å². The third kappa shape index (κ3) is 9.85. The fourth-order valence-electron chi connectivity index (χ4n) is 6.20. The van der Waals surface area contributed by atoms with Gasteiger partial charge in [0.1, 0.15) is 0 Å². The molecule has 0 saturated carbocycles. The Kier molecular flexibility index (Phi) is 12.4. The maximum atomic E-state index is 13.8. The molecule has 2 heterocycles. The van der Waals surface area contributed by atoms with Crippen LogP contribution in [0.25, 0.3) is 0 Å². The minimum absolute atomic E-state index is 0.103. The molecule has 2 saturated heterocycles. The van der Waals surface area contributed by atoms with Crippen molar-refractivity contribution < 1.29 is 28.7 Å². The first-order chi connectivity index (χ1) is 19.3. The summed E-state index contributed by atoms with van der Waals surface area (Å²) >= 11 is 2.42. The first kappa shape index (κ1) is 33.6. The van der Waals surface area contributed by atoms with Crippen molar-refractivity contribution in [1.29, 1.82) is 0 Å². The van der Waals surface area contributed by atoms with Gasteiger partial charge in [0.2, 0.25) is 12.7 Å². The lowest BCUT2D eigenvalue weighted by molar-refractivity contribution is -0.870. The number of likely N-dealkylation sites (tertiary alicyclic amines) is 1. The van der Waals surface area contributed by atoms with Crippen LogP contribution >= 0.6 is 22.6 Å².